The van der Waals surface area contributed by atoms with E-state index < -0.39 is 10.0 Å². The molecule has 0 aliphatic carbocycles. The van der Waals surface area contributed by atoms with Crippen molar-refractivity contribution in [3.05, 3.63) is 72.1 Å². The van der Waals surface area contributed by atoms with E-state index in [2.05, 4.69) is 20.2 Å². The first kappa shape index (κ1) is 17.4. The molecular weight excluding hydrogens is 362 g/mol. The SMILES string of the molecule is NS(=O)(=O)c1ccc2c(c1)CN(c1cc(Nc3ccccc3)ncn1)CC2. The van der Waals surface area contributed by atoms with Crippen LogP contribution in [-0.2, 0) is 23.0 Å². The van der Waals surface area contributed by atoms with Crippen LogP contribution in [0.1, 0.15) is 11.1 Å². The van der Waals surface area contributed by atoms with Crippen LogP contribution < -0.4 is 15.4 Å². The number of benzene rings is 2. The van der Waals surface area contributed by atoms with Crippen molar-refractivity contribution in [1.29, 1.82) is 0 Å². The fourth-order valence-corrected chi connectivity index (χ4v) is 3.73. The first-order valence-corrected chi connectivity index (χ1v) is 10.1. The summed E-state index contributed by atoms with van der Waals surface area (Å²) < 4.78 is 23.2. The number of primary sulfonamides is 1. The van der Waals surface area contributed by atoms with E-state index in [0.717, 1.165) is 35.6 Å². The lowest BCUT2D eigenvalue weighted by atomic mass is 10.00. The van der Waals surface area contributed by atoms with Gasteiger partial charge in [0.2, 0.25) is 10.0 Å². The highest BCUT2D eigenvalue weighted by Crippen LogP contribution is 2.26. The molecule has 8 heteroatoms. The zero-order chi connectivity index (χ0) is 18.9. The molecule has 3 N–H and O–H groups in total. The van der Waals surface area contributed by atoms with E-state index in [-0.39, 0.29) is 4.90 Å². The Morgan fingerprint density at radius 1 is 1.00 bits per heavy atom. The third-order valence-electron chi connectivity index (χ3n) is 4.54. The minimum atomic E-state index is -3.71. The van der Waals surface area contributed by atoms with Gasteiger partial charge in [0.15, 0.2) is 0 Å². The van der Waals surface area contributed by atoms with E-state index in [4.69, 9.17) is 5.14 Å². The van der Waals surface area contributed by atoms with E-state index in [1.165, 1.54) is 6.33 Å². The number of fused-ring (bicyclic) bond motifs is 1. The Bertz CT molecular complexity index is 1070. The Balaban J connectivity index is 1.58. The Hall–Kier alpha value is -2.97. The molecule has 1 aliphatic heterocycles. The molecule has 4 rings (SSSR count). The van der Waals surface area contributed by atoms with Crippen LogP contribution in [0.3, 0.4) is 0 Å². The van der Waals surface area contributed by atoms with Gasteiger partial charge in [0.1, 0.15) is 18.0 Å². The van der Waals surface area contributed by atoms with E-state index >= 15 is 0 Å². The molecule has 27 heavy (non-hydrogen) atoms. The second-order valence-electron chi connectivity index (χ2n) is 6.40. The largest absolute Gasteiger partial charge is 0.352 e. The lowest BCUT2D eigenvalue weighted by Crippen LogP contribution is -2.31. The van der Waals surface area contributed by atoms with Gasteiger partial charge >= 0.3 is 0 Å². The third kappa shape index (κ3) is 3.91. The van der Waals surface area contributed by atoms with Crippen molar-refractivity contribution in [2.24, 2.45) is 5.14 Å². The monoisotopic (exact) mass is 381 g/mol. The van der Waals surface area contributed by atoms with Gasteiger partial charge in [-0.05, 0) is 41.8 Å². The van der Waals surface area contributed by atoms with E-state index in [1.807, 2.05) is 42.5 Å². The minimum Gasteiger partial charge on any atom is -0.352 e. The van der Waals surface area contributed by atoms with Crippen LogP contribution in [0.4, 0.5) is 17.3 Å². The molecule has 0 saturated carbocycles. The standard InChI is InChI=1S/C19H19N5O2S/c20-27(25,26)17-7-6-14-8-9-24(12-15(14)10-17)19-11-18(21-13-22-19)23-16-4-2-1-3-5-16/h1-7,10-11,13H,8-9,12H2,(H2,20,25,26)(H,21,22,23). The molecule has 0 bridgehead atoms. The van der Waals surface area contributed by atoms with Crippen LogP contribution in [0.15, 0.2) is 65.8 Å². The molecule has 2 heterocycles. The number of nitrogens with zero attached hydrogens (tertiary/aromatic N) is 3. The molecule has 1 aromatic heterocycles. The number of nitrogens with one attached hydrogen (secondary N) is 1. The van der Waals surface area contributed by atoms with Crippen molar-refractivity contribution in [2.45, 2.75) is 17.9 Å². The quantitative estimate of drug-likeness (QED) is 0.720. The summed E-state index contributed by atoms with van der Waals surface area (Å²) in [6, 6.07) is 16.7. The van der Waals surface area contributed by atoms with E-state index in [9.17, 15) is 8.42 Å². The van der Waals surface area contributed by atoms with Crippen LogP contribution in [0, 0.1) is 0 Å². The summed E-state index contributed by atoms with van der Waals surface area (Å²) >= 11 is 0. The van der Waals surface area contributed by atoms with Crippen LogP contribution >= 0.6 is 0 Å². The molecule has 3 aromatic rings. The molecule has 1 aliphatic rings. The molecule has 0 radical (unpaired) electrons. The molecule has 0 fully saturated rings. The van der Waals surface area contributed by atoms with Crippen LogP contribution in [-0.4, -0.2) is 24.9 Å². The summed E-state index contributed by atoms with van der Waals surface area (Å²) in [5, 5.41) is 8.52. The Morgan fingerprint density at radius 3 is 2.59 bits per heavy atom. The van der Waals surface area contributed by atoms with Crippen molar-refractivity contribution in [3.8, 4) is 0 Å². The van der Waals surface area contributed by atoms with Crippen molar-refractivity contribution in [3.63, 3.8) is 0 Å². The fourth-order valence-electron chi connectivity index (χ4n) is 3.16. The Morgan fingerprint density at radius 2 is 1.81 bits per heavy atom. The van der Waals surface area contributed by atoms with Crippen molar-refractivity contribution in [2.75, 3.05) is 16.8 Å². The lowest BCUT2D eigenvalue weighted by Gasteiger charge is -2.30. The molecule has 0 amide bonds. The van der Waals surface area contributed by atoms with Crippen LogP contribution in [0.2, 0.25) is 0 Å². The number of nitrogens with two attached hydrogens (primary N) is 1. The Kier molecular flexibility index (Phi) is 4.51. The van der Waals surface area contributed by atoms with Gasteiger partial charge in [-0.25, -0.2) is 23.5 Å². The zero-order valence-electron chi connectivity index (χ0n) is 14.5. The Labute approximate surface area is 157 Å². The maximum absolute atomic E-state index is 11.6. The maximum Gasteiger partial charge on any atom is 0.238 e. The highest BCUT2D eigenvalue weighted by Gasteiger charge is 2.20. The van der Waals surface area contributed by atoms with Crippen LogP contribution in [0.25, 0.3) is 0 Å². The second kappa shape index (κ2) is 6.98. The predicted molar refractivity (Wildman–Crippen MR) is 104 cm³/mol. The van der Waals surface area contributed by atoms with Crippen molar-refractivity contribution in [1.82, 2.24) is 9.97 Å². The van der Waals surface area contributed by atoms with Crippen molar-refractivity contribution < 1.29 is 8.42 Å². The highest BCUT2D eigenvalue weighted by atomic mass is 32.2. The first-order valence-electron chi connectivity index (χ1n) is 8.53. The first-order chi connectivity index (χ1) is 13.0. The molecule has 0 atom stereocenters. The summed E-state index contributed by atoms with van der Waals surface area (Å²) in [6.07, 6.45) is 2.34. The van der Waals surface area contributed by atoms with Gasteiger partial charge in [-0.2, -0.15) is 0 Å². The van der Waals surface area contributed by atoms with Gasteiger partial charge in [-0.15, -0.1) is 0 Å². The van der Waals surface area contributed by atoms with Crippen LogP contribution in [0.5, 0.6) is 0 Å². The van der Waals surface area contributed by atoms with E-state index in [0.29, 0.717) is 12.4 Å². The number of hydrogen-bond acceptors (Lipinski definition) is 6. The molecule has 138 valence electrons. The number of para-hydroxylation sites is 1. The van der Waals surface area contributed by atoms with Crippen molar-refractivity contribution >= 4 is 27.3 Å². The highest BCUT2D eigenvalue weighted by molar-refractivity contribution is 7.89. The topological polar surface area (TPSA) is 101 Å². The number of hydrogen-bond donors (Lipinski definition) is 2. The minimum absolute atomic E-state index is 0.136. The molecule has 2 aromatic carbocycles. The number of sulfonamides is 1. The normalized spacial score (nSPS) is 13.9. The average molecular weight is 381 g/mol. The second-order valence-corrected chi connectivity index (χ2v) is 7.96. The summed E-state index contributed by atoms with van der Waals surface area (Å²) in [7, 11) is -3.71. The van der Waals surface area contributed by atoms with Gasteiger partial charge in [0.25, 0.3) is 0 Å². The summed E-state index contributed by atoms with van der Waals surface area (Å²) in [5.41, 5.74) is 3.03. The van der Waals surface area contributed by atoms with Gasteiger partial charge in [0, 0.05) is 24.8 Å². The predicted octanol–water partition coefficient (Wildman–Crippen LogP) is 2.43. The molecule has 0 spiro atoms. The molecule has 0 unspecified atom stereocenters. The number of aromatic nitrogens is 2. The smallest absolute Gasteiger partial charge is 0.238 e. The number of rotatable bonds is 4. The molecule has 0 saturated heterocycles. The fraction of sp³-hybridized carbons (Fsp3) is 0.158. The number of anilines is 3. The molecular formula is C19H19N5O2S. The third-order valence-corrected chi connectivity index (χ3v) is 5.45. The summed E-state index contributed by atoms with van der Waals surface area (Å²) in [5.74, 6) is 1.49. The lowest BCUT2D eigenvalue weighted by molar-refractivity contribution is 0.597. The van der Waals surface area contributed by atoms with E-state index in [1.54, 1.807) is 12.1 Å². The van der Waals surface area contributed by atoms with Gasteiger partial charge in [-0.3, -0.25) is 0 Å². The van der Waals surface area contributed by atoms with Gasteiger partial charge in [-0.1, -0.05) is 24.3 Å². The molecule has 7 nitrogen and oxygen atoms in total. The summed E-state index contributed by atoms with van der Waals surface area (Å²) in [4.78, 5) is 10.9. The maximum atomic E-state index is 11.6. The van der Waals surface area contributed by atoms with Gasteiger partial charge < -0.3 is 10.2 Å². The average Bonchev–Trinajstić information content (AvgIpc) is 2.67. The van der Waals surface area contributed by atoms with Gasteiger partial charge in [0.05, 0.1) is 4.90 Å². The summed E-state index contributed by atoms with van der Waals surface area (Å²) in [6.45, 7) is 1.37. The zero-order valence-corrected chi connectivity index (χ0v) is 15.4.